The zero-order chi connectivity index (χ0) is 18.2. The molecular weight excluding hydrogens is 332 g/mol. The standard InChI is InChI=1S/C19H32N4OS/c1-13-8-14(11-19(2,3)10-13)9-16(24)23-7-5-6-15(12-23)17-20-21-18(25)22(17)4/h13-15H,5-12H2,1-4H3,(H,21,25)/t13-,14-,15-/m1/s1. The first kappa shape index (κ1) is 18.6. The Balaban J connectivity index is 1.62. The summed E-state index contributed by atoms with van der Waals surface area (Å²) < 4.78 is 2.59. The van der Waals surface area contributed by atoms with Crippen molar-refractivity contribution in [2.75, 3.05) is 13.1 Å². The Morgan fingerprint density at radius 1 is 1.40 bits per heavy atom. The summed E-state index contributed by atoms with van der Waals surface area (Å²) in [5.41, 5.74) is 0.371. The van der Waals surface area contributed by atoms with Crippen LogP contribution in [0.3, 0.4) is 0 Å². The van der Waals surface area contributed by atoms with Gasteiger partial charge in [0.15, 0.2) is 4.77 Å². The van der Waals surface area contributed by atoms with Gasteiger partial charge >= 0.3 is 0 Å². The Morgan fingerprint density at radius 3 is 2.80 bits per heavy atom. The summed E-state index contributed by atoms with van der Waals surface area (Å²) >= 11 is 5.23. The Morgan fingerprint density at radius 2 is 2.16 bits per heavy atom. The molecule has 0 radical (unpaired) electrons. The van der Waals surface area contributed by atoms with Crippen molar-refractivity contribution in [3.63, 3.8) is 0 Å². The lowest BCUT2D eigenvalue weighted by molar-refractivity contribution is -0.134. The molecule has 0 spiro atoms. The Labute approximate surface area is 156 Å². The van der Waals surface area contributed by atoms with Crippen LogP contribution in [0.1, 0.15) is 71.0 Å². The molecule has 25 heavy (non-hydrogen) atoms. The molecule has 3 rings (SSSR count). The van der Waals surface area contributed by atoms with Gasteiger partial charge in [-0.25, -0.2) is 0 Å². The molecule has 1 N–H and O–H groups in total. The molecule has 1 aromatic rings. The number of amides is 1. The van der Waals surface area contributed by atoms with Crippen molar-refractivity contribution in [1.82, 2.24) is 19.7 Å². The first-order valence-corrected chi connectivity index (χ1v) is 10.0. The smallest absolute Gasteiger partial charge is 0.222 e. The van der Waals surface area contributed by atoms with Gasteiger partial charge in [-0.2, -0.15) is 5.10 Å². The van der Waals surface area contributed by atoms with Crippen molar-refractivity contribution < 1.29 is 4.79 Å². The van der Waals surface area contributed by atoms with Crippen molar-refractivity contribution in [1.29, 1.82) is 0 Å². The van der Waals surface area contributed by atoms with Crippen LogP contribution in [0.2, 0.25) is 0 Å². The maximum absolute atomic E-state index is 12.9. The van der Waals surface area contributed by atoms with Gasteiger partial charge < -0.3 is 9.47 Å². The van der Waals surface area contributed by atoms with E-state index in [1.807, 2.05) is 11.6 Å². The highest BCUT2D eigenvalue weighted by molar-refractivity contribution is 7.71. The van der Waals surface area contributed by atoms with Gasteiger partial charge in [-0.15, -0.1) is 0 Å². The maximum Gasteiger partial charge on any atom is 0.222 e. The SMILES string of the molecule is C[C@@H]1C[C@H](CC(=O)N2CCC[C@@H](c3n[nH]c(=S)n3C)C2)CC(C)(C)C1. The molecule has 1 amide bonds. The summed E-state index contributed by atoms with van der Waals surface area (Å²) in [5, 5.41) is 7.26. The molecule has 0 unspecified atom stereocenters. The fourth-order valence-electron chi connectivity index (χ4n) is 5.21. The summed E-state index contributed by atoms with van der Waals surface area (Å²) in [4.78, 5) is 15.0. The first-order valence-electron chi connectivity index (χ1n) is 9.64. The summed E-state index contributed by atoms with van der Waals surface area (Å²) in [6.07, 6.45) is 6.48. The Bertz CT molecular complexity index is 677. The maximum atomic E-state index is 12.9. The van der Waals surface area contributed by atoms with Gasteiger partial charge in [-0.05, 0) is 61.6 Å². The summed E-state index contributed by atoms with van der Waals surface area (Å²) in [7, 11) is 1.95. The first-order chi connectivity index (χ1) is 11.7. The molecule has 1 aromatic heterocycles. The largest absolute Gasteiger partial charge is 0.342 e. The highest BCUT2D eigenvalue weighted by Crippen LogP contribution is 2.43. The molecule has 140 valence electrons. The lowest BCUT2D eigenvalue weighted by Crippen LogP contribution is -2.41. The number of hydrogen-bond donors (Lipinski definition) is 1. The molecule has 0 aromatic carbocycles. The lowest BCUT2D eigenvalue weighted by atomic mass is 9.67. The van der Waals surface area contributed by atoms with E-state index in [0.717, 1.165) is 37.7 Å². The summed E-state index contributed by atoms with van der Waals surface area (Å²) in [6.45, 7) is 8.69. The van der Waals surface area contributed by atoms with Crippen molar-refractivity contribution in [2.24, 2.45) is 24.3 Å². The normalized spacial score (nSPS) is 29.6. The molecule has 1 aliphatic heterocycles. The number of carbonyl (C=O) groups excluding carboxylic acids is 1. The van der Waals surface area contributed by atoms with Gasteiger partial charge in [0.05, 0.1) is 0 Å². The van der Waals surface area contributed by atoms with E-state index in [9.17, 15) is 4.79 Å². The average Bonchev–Trinajstić information content (AvgIpc) is 2.85. The van der Waals surface area contributed by atoms with E-state index in [1.165, 1.54) is 19.3 Å². The van der Waals surface area contributed by atoms with Gasteiger partial charge in [0.1, 0.15) is 5.82 Å². The van der Waals surface area contributed by atoms with Crippen LogP contribution in [0.5, 0.6) is 0 Å². The molecule has 1 saturated carbocycles. The highest BCUT2D eigenvalue weighted by atomic mass is 32.1. The zero-order valence-corrected chi connectivity index (χ0v) is 16.9. The third-order valence-electron chi connectivity index (χ3n) is 5.99. The number of nitrogens with one attached hydrogen (secondary N) is 1. The number of carbonyl (C=O) groups is 1. The van der Waals surface area contributed by atoms with Gasteiger partial charge in [0, 0.05) is 32.5 Å². The van der Waals surface area contributed by atoms with E-state index in [-0.39, 0.29) is 5.92 Å². The molecule has 2 heterocycles. The van der Waals surface area contributed by atoms with Crippen LogP contribution in [0.15, 0.2) is 0 Å². The lowest BCUT2D eigenvalue weighted by Gasteiger charge is -2.40. The molecule has 0 bridgehead atoms. The predicted molar refractivity (Wildman–Crippen MR) is 102 cm³/mol. The Hall–Kier alpha value is -1.17. The molecular formula is C19H32N4OS. The summed E-state index contributed by atoms with van der Waals surface area (Å²) in [5.74, 6) is 2.86. The number of nitrogens with zero attached hydrogens (tertiary/aromatic N) is 3. The zero-order valence-electron chi connectivity index (χ0n) is 16.0. The number of H-pyrrole nitrogens is 1. The molecule has 5 nitrogen and oxygen atoms in total. The topological polar surface area (TPSA) is 53.9 Å². The Kier molecular flexibility index (Phi) is 5.37. The number of aromatic amines is 1. The van der Waals surface area contributed by atoms with Gasteiger partial charge in [-0.3, -0.25) is 9.89 Å². The number of aromatic nitrogens is 3. The third-order valence-corrected chi connectivity index (χ3v) is 6.36. The predicted octanol–water partition coefficient (Wildman–Crippen LogP) is 4.04. The van der Waals surface area contributed by atoms with Crippen molar-refractivity contribution >= 4 is 18.1 Å². The second-order valence-corrected chi connectivity index (χ2v) is 9.50. The fourth-order valence-corrected chi connectivity index (χ4v) is 5.35. The molecule has 1 aliphatic carbocycles. The van der Waals surface area contributed by atoms with E-state index in [4.69, 9.17) is 12.2 Å². The minimum atomic E-state index is 0.289. The van der Waals surface area contributed by atoms with Gasteiger partial charge in [0.2, 0.25) is 5.91 Å². The van der Waals surface area contributed by atoms with Crippen LogP contribution in [0.4, 0.5) is 0 Å². The van der Waals surface area contributed by atoms with E-state index >= 15 is 0 Å². The second kappa shape index (κ2) is 7.22. The molecule has 1 saturated heterocycles. The van der Waals surface area contributed by atoms with Crippen LogP contribution >= 0.6 is 12.2 Å². The van der Waals surface area contributed by atoms with Crippen LogP contribution < -0.4 is 0 Å². The summed E-state index contributed by atoms with van der Waals surface area (Å²) in [6, 6.07) is 0. The van der Waals surface area contributed by atoms with Crippen LogP contribution in [0.25, 0.3) is 0 Å². The molecule has 3 atom stereocenters. The van der Waals surface area contributed by atoms with Crippen molar-refractivity contribution in [3.8, 4) is 0 Å². The average molecular weight is 365 g/mol. The van der Waals surface area contributed by atoms with Gasteiger partial charge in [-0.1, -0.05) is 20.8 Å². The monoisotopic (exact) mass is 364 g/mol. The van der Waals surface area contributed by atoms with E-state index in [2.05, 4.69) is 35.9 Å². The fraction of sp³-hybridized carbons (Fsp3) is 0.842. The second-order valence-electron chi connectivity index (χ2n) is 9.11. The molecule has 2 aliphatic rings. The third kappa shape index (κ3) is 4.33. The number of likely N-dealkylation sites (tertiary alicyclic amines) is 1. The molecule has 2 fully saturated rings. The number of piperidine rings is 1. The van der Waals surface area contributed by atoms with Crippen LogP contribution in [-0.4, -0.2) is 38.7 Å². The van der Waals surface area contributed by atoms with Crippen LogP contribution in [-0.2, 0) is 11.8 Å². The minimum Gasteiger partial charge on any atom is -0.342 e. The van der Waals surface area contributed by atoms with E-state index < -0.39 is 0 Å². The van der Waals surface area contributed by atoms with Crippen molar-refractivity contribution in [2.45, 2.75) is 65.2 Å². The van der Waals surface area contributed by atoms with Crippen molar-refractivity contribution in [3.05, 3.63) is 10.6 Å². The van der Waals surface area contributed by atoms with E-state index in [1.54, 1.807) is 0 Å². The number of rotatable bonds is 3. The minimum absolute atomic E-state index is 0.289. The highest BCUT2D eigenvalue weighted by Gasteiger charge is 2.35. The van der Waals surface area contributed by atoms with Gasteiger partial charge in [0.25, 0.3) is 0 Å². The molecule has 6 heteroatoms. The van der Waals surface area contributed by atoms with Crippen LogP contribution in [0, 0.1) is 22.0 Å². The quantitative estimate of drug-likeness (QED) is 0.824. The van der Waals surface area contributed by atoms with E-state index in [0.29, 0.717) is 28.4 Å². The number of hydrogen-bond acceptors (Lipinski definition) is 3.